The molecule has 6 heteroatoms. The Morgan fingerprint density at radius 2 is 1.75 bits per heavy atom. The normalized spacial score (nSPS) is 11.2. The van der Waals surface area contributed by atoms with Gasteiger partial charge in [0.2, 0.25) is 0 Å². The predicted molar refractivity (Wildman–Crippen MR) is 87.7 cm³/mol. The summed E-state index contributed by atoms with van der Waals surface area (Å²) < 4.78 is 33.2. The van der Waals surface area contributed by atoms with Crippen molar-refractivity contribution in [1.82, 2.24) is 0 Å². The molecule has 0 bridgehead atoms. The number of hydrogen-bond acceptors (Lipinski definition) is 3. The van der Waals surface area contributed by atoms with Gasteiger partial charge in [0.15, 0.2) is 0 Å². The first-order valence-electron chi connectivity index (χ1n) is 5.85. The van der Waals surface area contributed by atoms with Crippen LogP contribution in [0, 0.1) is 10.5 Å². The molecule has 0 fully saturated rings. The number of ether oxygens (including phenoxy) is 1. The molecule has 4 nitrogen and oxygen atoms in total. The Labute approximate surface area is 132 Å². The fourth-order valence-electron chi connectivity index (χ4n) is 1.70. The highest BCUT2D eigenvalue weighted by Crippen LogP contribution is 2.22. The second-order valence-electron chi connectivity index (χ2n) is 4.24. The minimum absolute atomic E-state index is 0.205. The van der Waals surface area contributed by atoms with Crippen LogP contribution in [0.25, 0.3) is 0 Å². The first-order valence-corrected chi connectivity index (χ1v) is 8.41. The van der Waals surface area contributed by atoms with Crippen molar-refractivity contribution in [3.63, 3.8) is 0 Å². The van der Waals surface area contributed by atoms with Crippen molar-refractivity contribution in [3.8, 4) is 5.75 Å². The monoisotopic (exact) mass is 403 g/mol. The van der Waals surface area contributed by atoms with Gasteiger partial charge >= 0.3 is 0 Å². The zero-order valence-corrected chi connectivity index (χ0v) is 14.0. The number of hydrogen-bond donors (Lipinski definition) is 1. The SMILES string of the molecule is COc1ccc(S(=O)(=O)Nc2ccc(I)cc2C)cc1. The van der Waals surface area contributed by atoms with E-state index in [9.17, 15) is 8.42 Å². The van der Waals surface area contributed by atoms with Crippen molar-refractivity contribution in [3.05, 3.63) is 51.6 Å². The predicted octanol–water partition coefficient (Wildman–Crippen LogP) is 3.41. The highest BCUT2D eigenvalue weighted by molar-refractivity contribution is 14.1. The number of methoxy groups -OCH3 is 1. The quantitative estimate of drug-likeness (QED) is 0.797. The van der Waals surface area contributed by atoms with Gasteiger partial charge in [-0.1, -0.05) is 0 Å². The van der Waals surface area contributed by atoms with Crippen molar-refractivity contribution in [1.29, 1.82) is 0 Å². The molecule has 20 heavy (non-hydrogen) atoms. The van der Waals surface area contributed by atoms with Gasteiger partial charge in [0.25, 0.3) is 10.0 Å². The Hall–Kier alpha value is -1.28. The molecule has 0 heterocycles. The van der Waals surface area contributed by atoms with E-state index in [1.165, 1.54) is 19.2 Å². The van der Waals surface area contributed by atoms with Crippen molar-refractivity contribution >= 4 is 38.3 Å². The molecule has 0 saturated carbocycles. The van der Waals surface area contributed by atoms with Crippen LogP contribution in [0.5, 0.6) is 5.75 Å². The number of sulfonamides is 1. The maximum absolute atomic E-state index is 12.3. The molecule has 0 aliphatic carbocycles. The molecule has 0 spiro atoms. The minimum Gasteiger partial charge on any atom is -0.497 e. The molecule has 2 aromatic carbocycles. The Bertz CT molecular complexity index is 712. The lowest BCUT2D eigenvalue weighted by Gasteiger charge is -2.11. The number of halogens is 1. The smallest absolute Gasteiger partial charge is 0.261 e. The lowest BCUT2D eigenvalue weighted by atomic mass is 10.2. The van der Waals surface area contributed by atoms with Crippen LogP contribution in [-0.4, -0.2) is 15.5 Å². The summed E-state index contributed by atoms with van der Waals surface area (Å²) in [5.74, 6) is 0.620. The molecule has 0 aliphatic heterocycles. The Kier molecular flexibility index (Phi) is 4.54. The fourth-order valence-corrected chi connectivity index (χ4v) is 3.48. The van der Waals surface area contributed by atoms with E-state index in [-0.39, 0.29) is 4.90 Å². The topological polar surface area (TPSA) is 55.4 Å². The first-order chi connectivity index (χ1) is 9.42. The summed E-state index contributed by atoms with van der Waals surface area (Å²) in [5.41, 5.74) is 1.47. The average Bonchev–Trinajstić information content (AvgIpc) is 2.42. The molecule has 1 N–H and O–H groups in total. The largest absolute Gasteiger partial charge is 0.497 e. The molecule has 0 atom stereocenters. The van der Waals surface area contributed by atoms with Crippen LogP contribution in [0.3, 0.4) is 0 Å². The van der Waals surface area contributed by atoms with Crippen LogP contribution in [0.2, 0.25) is 0 Å². The first kappa shape index (κ1) is 15.1. The molecular formula is C14H14INO3S. The molecule has 2 rings (SSSR count). The summed E-state index contributed by atoms with van der Waals surface area (Å²) in [4.78, 5) is 0.205. The van der Waals surface area contributed by atoms with Crippen molar-refractivity contribution in [2.75, 3.05) is 11.8 Å². The van der Waals surface area contributed by atoms with Crippen LogP contribution < -0.4 is 9.46 Å². The van der Waals surface area contributed by atoms with Gasteiger partial charge in [-0.05, 0) is 77.5 Å². The van der Waals surface area contributed by atoms with Crippen LogP contribution in [0.1, 0.15) is 5.56 Å². The van der Waals surface area contributed by atoms with Gasteiger partial charge in [-0.3, -0.25) is 4.72 Å². The lowest BCUT2D eigenvalue weighted by Crippen LogP contribution is -2.13. The molecule has 0 unspecified atom stereocenters. The van der Waals surface area contributed by atoms with Gasteiger partial charge in [0.05, 0.1) is 17.7 Å². The third kappa shape index (κ3) is 3.43. The van der Waals surface area contributed by atoms with Gasteiger partial charge in [0.1, 0.15) is 5.75 Å². The minimum atomic E-state index is -3.58. The summed E-state index contributed by atoms with van der Waals surface area (Å²) in [6.07, 6.45) is 0. The van der Waals surface area contributed by atoms with E-state index in [4.69, 9.17) is 4.74 Å². The molecule has 0 saturated heterocycles. The van der Waals surface area contributed by atoms with Crippen LogP contribution in [-0.2, 0) is 10.0 Å². The maximum atomic E-state index is 12.3. The van der Waals surface area contributed by atoms with Crippen molar-refractivity contribution in [2.24, 2.45) is 0 Å². The number of nitrogens with one attached hydrogen (secondary N) is 1. The second-order valence-corrected chi connectivity index (χ2v) is 7.17. The van der Waals surface area contributed by atoms with Gasteiger partial charge in [-0.15, -0.1) is 0 Å². The number of aryl methyl sites for hydroxylation is 1. The number of benzene rings is 2. The van der Waals surface area contributed by atoms with Gasteiger partial charge in [0, 0.05) is 3.57 Å². The highest BCUT2D eigenvalue weighted by Gasteiger charge is 2.15. The Morgan fingerprint density at radius 1 is 1.10 bits per heavy atom. The number of anilines is 1. The molecule has 0 amide bonds. The second kappa shape index (κ2) is 6.01. The van der Waals surface area contributed by atoms with Gasteiger partial charge in [-0.25, -0.2) is 8.42 Å². The maximum Gasteiger partial charge on any atom is 0.261 e. The Morgan fingerprint density at radius 3 is 2.30 bits per heavy atom. The molecule has 106 valence electrons. The fraction of sp³-hybridized carbons (Fsp3) is 0.143. The summed E-state index contributed by atoms with van der Waals surface area (Å²) in [5, 5.41) is 0. The lowest BCUT2D eigenvalue weighted by molar-refractivity contribution is 0.414. The summed E-state index contributed by atoms with van der Waals surface area (Å²) in [6, 6.07) is 11.8. The highest BCUT2D eigenvalue weighted by atomic mass is 127. The molecule has 2 aromatic rings. The zero-order chi connectivity index (χ0) is 14.8. The summed E-state index contributed by atoms with van der Waals surface area (Å²) in [6.45, 7) is 1.87. The third-order valence-corrected chi connectivity index (χ3v) is 4.85. The van der Waals surface area contributed by atoms with E-state index < -0.39 is 10.0 Å². The third-order valence-electron chi connectivity index (χ3n) is 2.80. The molecule has 0 radical (unpaired) electrons. The summed E-state index contributed by atoms with van der Waals surface area (Å²) >= 11 is 2.19. The van der Waals surface area contributed by atoms with Crippen LogP contribution in [0.4, 0.5) is 5.69 Å². The zero-order valence-electron chi connectivity index (χ0n) is 11.1. The molecule has 0 aliphatic rings. The van der Waals surface area contributed by atoms with E-state index in [1.54, 1.807) is 18.2 Å². The van der Waals surface area contributed by atoms with Crippen molar-refractivity contribution < 1.29 is 13.2 Å². The molecule has 0 aromatic heterocycles. The number of rotatable bonds is 4. The van der Waals surface area contributed by atoms with E-state index in [2.05, 4.69) is 27.3 Å². The van der Waals surface area contributed by atoms with Crippen molar-refractivity contribution in [2.45, 2.75) is 11.8 Å². The summed E-state index contributed by atoms with van der Waals surface area (Å²) in [7, 11) is -2.04. The standard InChI is InChI=1S/C14H14INO3S/c1-10-9-11(15)3-8-14(10)16-20(17,18)13-6-4-12(19-2)5-7-13/h3-9,16H,1-2H3. The van der Waals surface area contributed by atoms with Gasteiger partial charge < -0.3 is 4.74 Å². The van der Waals surface area contributed by atoms with Crippen LogP contribution >= 0.6 is 22.6 Å². The molecular weight excluding hydrogens is 389 g/mol. The van der Waals surface area contributed by atoms with Crippen LogP contribution in [0.15, 0.2) is 47.4 Å². The van der Waals surface area contributed by atoms with E-state index in [1.807, 2.05) is 19.1 Å². The average molecular weight is 403 g/mol. The Balaban J connectivity index is 2.30. The van der Waals surface area contributed by atoms with E-state index in [0.29, 0.717) is 11.4 Å². The van der Waals surface area contributed by atoms with E-state index in [0.717, 1.165) is 9.13 Å². The van der Waals surface area contributed by atoms with E-state index >= 15 is 0 Å². The van der Waals surface area contributed by atoms with Gasteiger partial charge in [-0.2, -0.15) is 0 Å².